The molecule has 2 aliphatic heterocycles. The lowest BCUT2D eigenvalue weighted by atomic mass is 9.72. The molecule has 0 radical (unpaired) electrons. The van der Waals surface area contributed by atoms with Crippen molar-refractivity contribution in [2.45, 2.75) is 172 Å². The predicted molar refractivity (Wildman–Crippen MR) is 558 cm³/mol. The van der Waals surface area contributed by atoms with Gasteiger partial charge in [0.2, 0.25) is 0 Å². The Morgan fingerprint density at radius 3 is 0.820 bits per heavy atom. The summed E-state index contributed by atoms with van der Waals surface area (Å²) in [5, 5.41) is 15.9. The first kappa shape index (κ1) is 82.3. The van der Waals surface area contributed by atoms with E-state index >= 15 is 0 Å². The molecule has 18 aromatic carbocycles. The van der Waals surface area contributed by atoms with E-state index in [1.807, 2.05) is 0 Å². The molecular formula is C129H114O4. The standard InChI is InChI=1S/C129H114O4/c1-15-127(16-2)113-63-79(83-33-47-105-103-45-31-81(65-115(103)128(17-3,117(105)67-83)53-19-55-130-71-93-73-132-93)77-27-41-97-99-49-35-85(69-111(99)125(11,12)109(97)61-77)95-39-25-75-21-23-87-57-91(123(5,6)7)59-89-37-51-107(95)121(75)119(87)89)29-43-101(113)102-44-30-80(64-114(102)127)84-34-48-106-104-46-32-82(66-116(104)129(18-4,118(106)68-84)54-20-56-131-72-94-74-133-94)78-28-42-98-100-50-36-86(70-112(100)126(13,14)110(98)62-78)96-40-26-76-22-24-88-58-92(124(8,9)10)60-90-38-52-108(96)122(76)120(88)90/h17-18,21-52,57-70,93-94H,3-4,15-16,19-20,53-56,71-74H2,1-2,5-14H3. The number of hydrogen-bond acceptors (Lipinski definition) is 4. The van der Waals surface area contributed by atoms with Crippen molar-refractivity contribution >= 4 is 64.6 Å². The largest absolute Gasteiger partial charge is 0.379 e. The van der Waals surface area contributed by atoms with Crippen LogP contribution in [-0.2, 0) is 56.9 Å². The maximum absolute atomic E-state index is 6.35. The molecule has 2 saturated heterocycles. The zero-order chi connectivity index (χ0) is 90.5. The van der Waals surface area contributed by atoms with Gasteiger partial charge in [-0.15, -0.1) is 13.2 Å². The highest BCUT2D eigenvalue weighted by Gasteiger charge is 2.47. The number of allylic oxidation sites excluding steroid dienone is 2. The van der Waals surface area contributed by atoms with Crippen LogP contribution in [0.3, 0.4) is 0 Å². The fourth-order valence-corrected chi connectivity index (χ4v) is 25.5. The molecule has 0 amide bonds. The third-order valence-electron chi connectivity index (χ3n) is 33.2. The molecule has 133 heavy (non-hydrogen) atoms. The molecule has 7 aliphatic rings. The summed E-state index contributed by atoms with van der Waals surface area (Å²) in [7, 11) is 0. The van der Waals surface area contributed by atoms with Crippen molar-refractivity contribution in [2.24, 2.45) is 0 Å². The fourth-order valence-electron chi connectivity index (χ4n) is 25.5. The van der Waals surface area contributed by atoms with Gasteiger partial charge in [0.05, 0.1) is 26.4 Å². The van der Waals surface area contributed by atoms with Crippen molar-refractivity contribution in [3.8, 4) is 122 Å². The molecule has 4 heteroatoms. The summed E-state index contributed by atoms with van der Waals surface area (Å²) in [5.74, 6) is 0. The van der Waals surface area contributed by atoms with Crippen LogP contribution >= 0.6 is 0 Å². The van der Waals surface area contributed by atoms with Gasteiger partial charge in [-0.05, 0) is 364 Å². The van der Waals surface area contributed by atoms with Crippen molar-refractivity contribution in [3.05, 3.63) is 371 Å². The fraction of sp³-hybridized carbons (Fsp3) is 0.256. The lowest BCUT2D eigenvalue weighted by Crippen LogP contribution is -2.23. The highest BCUT2D eigenvalue weighted by Crippen LogP contribution is 2.62. The predicted octanol–water partition coefficient (Wildman–Crippen LogP) is 33.1. The molecule has 2 heterocycles. The minimum Gasteiger partial charge on any atom is -0.379 e. The summed E-state index contributed by atoms with van der Waals surface area (Å²) in [6, 6.07) is 111. The van der Waals surface area contributed by atoms with E-state index < -0.39 is 10.8 Å². The minimum atomic E-state index is -0.469. The molecule has 0 N–H and O–H groups in total. The SMILES string of the molecule is C=CC1(CCCOCC2CO2)c2cc(-c3ccc4c(c3)C(C)(C)c3cc(-c5ccc6ccc7cc(C(C)(C)C)cc8ccc5c6c78)ccc3-4)ccc2-c2ccc(-c3ccc4c(c3)C(CC)(CC)c3cc(-c5ccc6c(c5)C(C=C)(CCCOCC5CO5)c5cc(-c7ccc8c(c7)C(C)(C)c7cc(-c9ccc%10ccc%11cc(C(C)(C)C)cc%12ccc9c%10c%11%12)ccc7-8)ccc5-6)ccc3-4)cc21. The minimum absolute atomic E-state index is 0.0596. The van der Waals surface area contributed by atoms with Gasteiger partial charge in [0, 0.05) is 40.3 Å². The highest BCUT2D eigenvalue weighted by molar-refractivity contribution is 6.27. The van der Waals surface area contributed by atoms with E-state index in [0.29, 0.717) is 26.4 Å². The molecular weight excluding hydrogens is 1610 g/mol. The lowest BCUT2D eigenvalue weighted by molar-refractivity contribution is 0.111. The second-order valence-corrected chi connectivity index (χ2v) is 43.1. The Hall–Kier alpha value is -12.6. The van der Waals surface area contributed by atoms with Crippen molar-refractivity contribution in [1.82, 2.24) is 0 Å². The van der Waals surface area contributed by atoms with E-state index in [0.717, 1.165) is 51.7 Å². The van der Waals surface area contributed by atoms with Gasteiger partial charge in [-0.2, -0.15) is 0 Å². The average molecular weight is 1730 g/mol. The van der Waals surface area contributed by atoms with Crippen molar-refractivity contribution in [3.63, 3.8) is 0 Å². The van der Waals surface area contributed by atoms with Crippen LogP contribution < -0.4 is 0 Å². The Balaban J connectivity index is 0.512. The molecule has 0 aromatic heterocycles. The highest BCUT2D eigenvalue weighted by atomic mass is 16.6. The van der Waals surface area contributed by atoms with Gasteiger partial charge >= 0.3 is 0 Å². The van der Waals surface area contributed by atoms with Crippen molar-refractivity contribution in [2.75, 3.05) is 39.6 Å². The van der Waals surface area contributed by atoms with Gasteiger partial charge in [-0.3, -0.25) is 0 Å². The van der Waals surface area contributed by atoms with Crippen LogP contribution in [0.2, 0.25) is 0 Å². The summed E-state index contributed by atoms with van der Waals surface area (Å²) in [4.78, 5) is 0. The van der Waals surface area contributed by atoms with E-state index in [4.69, 9.17) is 32.1 Å². The normalized spacial score (nSPS) is 18.6. The van der Waals surface area contributed by atoms with Crippen LogP contribution in [0.25, 0.3) is 187 Å². The molecule has 2 fully saturated rings. The number of hydrogen-bond donors (Lipinski definition) is 0. The maximum atomic E-state index is 6.35. The zero-order valence-corrected chi connectivity index (χ0v) is 78.9. The van der Waals surface area contributed by atoms with Crippen LogP contribution in [0.1, 0.15) is 188 Å². The van der Waals surface area contributed by atoms with Gasteiger partial charge in [0.15, 0.2) is 0 Å². The van der Waals surface area contributed by atoms with Gasteiger partial charge in [0.1, 0.15) is 12.2 Å². The van der Waals surface area contributed by atoms with Crippen LogP contribution in [0.15, 0.2) is 304 Å². The summed E-state index contributed by atoms with van der Waals surface area (Å²) in [5.41, 5.74) is 42.8. The molecule has 4 nitrogen and oxygen atoms in total. The number of epoxide rings is 2. The number of ether oxygens (including phenoxy) is 4. The topological polar surface area (TPSA) is 43.5 Å². The Kier molecular flexibility index (Phi) is 18.4. The van der Waals surface area contributed by atoms with Crippen LogP contribution in [0.5, 0.6) is 0 Å². The molecule has 0 bridgehead atoms. The van der Waals surface area contributed by atoms with Crippen LogP contribution in [0, 0.1) is 0 Å². The smallest absolute Gasteiger partial charge is 0.104 e. The summed E-state index contributed by atoms with van der Waals surface area (Å²) in [6.45, 7) is 42.2. The van der Waals surface area contributed by atoms with Gasteiger partial charge in [-0.25, -0.2) is 0 Å². The van der Waals surface area contributed by atoms with Crippen LogP contribution in [0.4, 0.5) is 0 Å². The molecule has 4 unspecified atom stereocenters. The van der Waals surface area contributed by atoms with Crippen molar-refractivity contribution in [1.29, 1.82) is 0 Å². The molecule has 0 spiro atoms. The molecule has 0 saturated carbocycles. The molecule has 5 aliphatic carbocycles. The van der Waals surface area contributed by atoms with E-state index in [-0.39, 0.29) is 39.3 Å². The monoisotopic (exact) mass is 1730 g/mol. The lowest BCUT2D eigenvalue weighted by Gasteiger charge is -2.31. The summed E-state index contributed by atoms with van der Waals surface area (Å²) in [6.07, 6.45) is 10.4. The van der Waals surface area contributed by atoms with Crippen molar-refractivity contribution < 1.29 is 18.9 Å². The number of benzene rings is 18. The van der Waals surface area contributed by atoms with Gasteiger partial charge < -0.3 is 18.9 Å². The van der Waals surface area contributed by atoms with Gasteiger partial charge in [-0.1, -0.05) is 314 Å². The Morgan fingerprint density at radius 2 is 0.534 bits per heavy atom. The molecule has 25 rings (SSSR count). The van der Waals surface area contributed by atoms with E-state index in [1.54, 1.807) is 0 Å². The van der Waals surface area contributed by atoms with E-state index in [2.05, 4.69) is 374 Å². The molecule has 18 aromatic rings. The average Bonchev–Trinajstić information content (AvgIpc) is 1.39. The third-order valence-corrected chi connectivity index (χ3v) is 33.2. The summed E-state index contributed by atoms with van der Waals surface area (Å²) >= 11 is 0. The number of fused-ring (bicyclic) bond motifs is 15. The van der Waals surface area contributed by atoms with Crippen LogP contribution in [-0.4, -0.2) is 51.8 Å². The van der Waals surface area contributed by atoms with E-state index in [9.17, 15) is 0 Å². The Labute approximate surface area is 783 Å². The first-order chi connectivity index (χ1) is 64.4. The quantitative estimate of drug-likeness (QED) is 0.0294. The second-order valence-electron chi connectivity index (χ2n) is 43.1. The Morgan fingerprint density at radius 1 is 0.293 bits per heavy atom. The zero-order valence-electron chi connectivity index (χ0n) is 78.9. The summed E-state index contributed by atoms with van der Waals surface area (Å²) < 4.78 is 23.9. The maximum Gasteiger partial charge on any atom is 0.104 e. The second kappa shape index (κ2) is 29.7. The Bertz CT molecular complexity index is 7500. The molecule has 654 valence electrons. The first-order valence-corrected chi connectivity index (χ1v) is 49.0. The molecule has 4 atom stereocenters. The van der Waals surface area contributed by atoms with Gasteiger partial charge in [0.25, 0.3) is 0 Å². The first-order valence-electron chi connectivity index (χ1n) is 49.0. The third kappa shape index (κ3) is 12.5. The number of rotatable bonds is 22. The van der Waals surface area contributed by atoms with E-state index in [1.165, 1.54) is 254 Å².